The largest absolute Gasteiger partial charge is 0.496 e. The number of anilines is 1. The van der Waals surface area contributed by atoms with E-state index in [2.05, 4.69) is 35.4 Å². The van der Waals surface area contributed by atoms with Gasteiger partial charge in [-0.1, -0.05) is 6.07 Å². The lowest BCUT2D eigenvalue weighted by molar-refractivity contribution is 0.254. The normalized spacial score (nSPS) is 17.6. The van der Waals surface area contributed by atoms with E-state index in [4.69, 9.17) is 15.2 Å². The molecule has 0 aromatic heterocycles. The molecule has 1 aliphatic heterocycles. The number of benzene rings is 2. The molecule has 0 spiro atoms. The Morgan fingerprint density at radius 2 is 2.04 bits per heavy atom. The maximum Gasteiger partial charge on any atom is 0.193 e. The highest BCUT2D eigenvalue weighted by atomic mass is 127. The minimum Gasteiger partial charge on any atom is -0.496 e. The van der Waals surface area contributed by atoms with E-state index in [0.717, 1.165) is 35.6 Å². The van der Waals surface area contributed by atoms with Gasteiger partial charge in [0.05, 0.1) is 13.7 Å². The first-order valence-corrected chi connectivity index (χ1v) is 9.17. The second-order valence-electron chi connectivity index (χ2n) is 7.07. The minimum absolute atomic E-state index is 0. The summed E-state index contributed by atoms with van der Waals surface area (Å²) in [6.45, 7) is 2.51. The molecule has 0 saturated carbocycles. The Kier molecular flexibility index (Phi) is 6.14. The van der Waals surface area contributed by atoms with Crippen LogP contribution in [0.2, 0.25) is 0 Å². The number of aliphatic imine (C=N–C) groups is 1. The van der Waals surface area contributed by atoms with Gasteiger partial charge in [0.25, 0.3) is 0 Å². The number of hydrogen-bond acceptors (Lipinski definition) is 3. The van der Waals surface area contributed by atoms with Crippen molar-refractivity contribution in [3.05, 3.63) is 52.6 Å². The van der Waals surface area contributed by atoms with Crippen molar-refractivity contribution in [1.29, 1.82) is 0 Å². The molecule has 2 aromatic carbocycles. The van der Waals surface area contributed by atoms with Crippen LogP contribution < -0.4 is 20.5 Å². The monoisotopic (exact) mass is 479 g/mol. The zero-order valence-corrected chi connectivity index (χ0v) is 18.1. The standard InChI is InChI=1S/C21H25N3O2.HI/c1-13-8-16-10-19(25-2)17(11-20(16)26-13)12-23-21(22)24-18-7-6-14-4-3-5-15(14)9-18;/h6-7,9-11,13H,3-5,8,12H2,1-2H3,(H3,22,23,24);1H. The first kappa shape index (κ1) is 19.8. The average Bonchev–Trinajstić information content (AvgIpc) is 3.23. The summed E-state index contributed by atoms with van der Waals surface area (Å²) in [5.74, 6) is 2.16. The second-order valence-corrected chi connectivity index (χ2v) is 7.07. The quantitative estimate of drug-likeness (QED) is 0.395. The Labute approximate surface area is 177 Å². The molecule has 3 N–H and O–H groups in total. The third-order valence-corrected chi connectivity index (χ3v) is 5.09. The number of rotatable bonds is 4. The molecule has 1 unspecified atom stereocenters. The molecule has 1 heterocycles. The van der Waals surface area contributed by atoms with Gasteiger partial charge in [-0.15, -0.1) is 24.0 Å². The smallest absolute Gasteiger partial charge is 0.193 e. The molecule has 6 heteroatoms. The number of nitrogens with two attached hydrogens (primary N) is 1. The Hall–Kier alpha value is -1.96. The molecule has 0 bridgehead atoms. The van der Waals surface area contributed by atoms with Crippen molar-refractivity contribution in [3.63, 3.8) is 0 Å². The zero-order chi connectivity index (χ0) is 18.1. The summed E-state index contributed by atoms with van der Waals surface area (Å²) in [5.41, 5.74) is 12.1. The molecule has 144 valence electrons. The van der Waals surface area contributed by atoms with Gasteiger partial charge in [0, 0.05) is 23.2 Å². The summed E-state index contributed by atoms with van der Waals surface area (Å²) in [7, 11) is 1.68. The maximum atomic E-state index is 6.09. The summed E-state index contributed by atoms with van der Waals surface area (Å²) in [6.07, 6.45) is 4.68. The molecule has 0 saturated heterocycles. The van der Waals surface area contributed by atoms with Crippen molar-refractivity contribution in [2.75, 3.05) is 12.4 Å². The van der Waals surface area contributed by atoms with E-state index in [1.807, 2.05) is 12.1 Å². The molecule has 1 aliphatic carbocycles. The zero-order valence-electron chi connectivity index (χ0n) is 15.7. The van der Waals surface area contributed by atoms with Gasteiger partial charge in [-0.3, -0.25) is 0 Å². The van der Waals surface area contributed by atoms with Crippen LogP contribution in [0.15, 0.2) is 35.3 Å². The number of ether oxygens (including phenoxy) is 2. The SMILES string of the molecule is COc1cc2c(cc1CN=C(N)Nc1ccc3c(c1)CCC3)OC(C)C2.I. The highest BCUT2D eigenvalue weighted by molar-refractivity contribution is 14.0. The van der Waals surface area contributed by atoms with Crippen LogP contribution in [0, 0.1) is 0 Å². The Morgan fingerprint density at radius 3 is 2.85 bits per heavy atom. The number of aryl methyl sites for hydroxylation is 2. The predicted octanol–water partition coefficient (Wildman–Crippen LogP) is 4.05. The topological polar surface area (TPSA) is 68.9 Å². The van der Waals surface area contributed by atoms with Crippen molar-refractivity contribution in [3.8, 4) is 11.5 Å². The van der Waals surface area contributed by atoms with Crippen LogP contribution in [0.5, 0.6) is 11.5 Å². The average molecular weight is 479 g/mol. The van der Waals surface area contributed by atoms with E-state index in [0.29, 0.717) is 12.5 Å². The number of halogens is 1. The van der Waals surface area contributed by atoms with E-state index in [9.17, 15) is 0 Å². The number of methoxy groups -OCH3 is 1. The lowest BCUT2D eigenvalue weighted by atomic mass is 10.1. The fraction of sp³-hybridized carbons (Fsp3) is 0.381. The molecule has 27 heavy (non-hydrogen) atoms. The number of hydrogen-bond donors (Lipinski definition) is 2. The Morgan fingerprint density at radius 1 is 1.22 bits per heavy atom. The molecule has 2 aromatic rings. The van der Waals surface area contributed by atoms with Gasteiger partial charge in [-0.05, 0) is 61.6 Å². The Balaban J connectivity index is 0.00000210. The van der Waals surface area contributed by atoms with E-state index >= 15 is 0 Å². The van der Waals surface area contributed by atoms with E-state index in [1.54, 1.807) is 7.11 Å². The molecule has 2 aliphatic rings. The van der Waals surface area contributed by atoms with Crippen molar-refractivity contribution in [2.45, 2.75) is 45.3 Å². The Bertz CT molecular complexity index is 867. The molecule has 5 nitrogen and oxygen atoms in total. The van der Waals surface area contributed by atoms with Crippen LogP contribution in [0.3, 0.4) is 0 Å². The van der Waals surface area contributed by atoms with Crippen LogP contribution in [-0.4, -0.2) is 19.2 Å². The number of nitrogens with one attached hydrogen (secondary N) is 1. The van der Waals surface area contributed by atoms with Crippen molar-refractivity contribution in [2.24, 2.45) is 10.7 Å². The lowest BCUT2D eigenvalue weighted by Gasteiger charge is -2.11. The van der Waals surface area contributed by atoms with Crippen molar-refractivity contribution >= 4 is 35.6 Å². The number of guanidine groups is 1. The van der Waals surface area contributed by atoms with Gasteiger partial charge in [-0.2, -0.15) is 0 Å². The van der Waals surface area contributed by atoms with Crippen LogP contribution in [0.25, 0.3) is 0 Å². The lowest BCUT2D eigenvalue weighted by Crippen LogP contribution is -2.22. The molecule has 0 radical (unpaired) electrons. The van der Waals surface area contributed by atoms with Crippen LogP contribution in [0.1, 0.15) is 35.6 Å². The first-order chi connectivity index (χ1) is 12.6. The van der Waals surface area contributed by atoms with Gasteiger partial charge in [0.2, 0.25) is 0 Å². The number of nitrogens with zero attached hydrogens (tertiary/aromatic N) is 1. The third-order valence-electron chi connectivity index (χ3n) is 5.09. The van der Waals surface area contributed by atoms with Gasteiger partial charge in [-0.25, -0.2) is 4.99 Å². The van der Waals surface area contributed by atoms with Gasteiger partial charge >= 0.3 is 0 Å². The van der Waals surface area contributed by atoms with Crippen molar-refractivity contribution in [1.82, 2.24) is 0 Å². The minimum atomic E-state index is 0. The molecular weight excluding hydrogens is 453 g/mol. The summed E-state index contributed by atoms with van der Waals surface area (Å²) in [5, 5.41) is 3.19. The van der Waals surface area contributed by atoms with E-state index in [-0.39, 0.29) is 30.1 Å². The highest BCUT2D eigenvalue weighted by Crippen LogP contribution is 2.35. The molecule has 4 rings (SSSR count). The van der Waals surface area contributed by atoms with Gasteiger partial charge in [0.15, 0.2) is 5.96 Å². The first-order valence-electron chi connectivity index (χ1n) is 9.17. The van der Waals surface area contributed by atoms with Crippen LogP contribution in [0.4, 0.5) is 5.69 Å². The summed E-state index contributed by atoms with van der Waals surface area (Å²) < 4.78 is 11.4. The number of fused-ring (bicyclic) bond motifs is 2. The summed E-state index contributed by atoms with van der Waals surface area (Å²) >= 11 is 0. The molecule has 0 fully saturated rings. The van der Waals surface area contributed by atoms with E-state index in [1.165, 1.54) is 29.5 Å². The van der Waals surface area contributed by atoms with Gasteiger partial charge < -0.3 is 20.5 Å². The van der Waals surface area contributed by atoms with E-state index < -0.39 is 0 Å². The highest BCUT2D eigenvalue weighted by Gasteiger charge is 2.21. The molecule has 1 atom stereocenters. The predicted molar refractivity (Wildman–Crippen MR) is 120 cm³/mol. The van der Waals surface area contributed by atoms with Crippen LogP contribution >= 0.6 is 24.0 Å². The third kappa shape index (κ3) is 4.31. The fourth-order valence-corrected chi connectivity index (χ4v) is 3.80. The molecule has 0 amide bonds. The fourth-order valence-electron chi connectivity index (χ4n) is 3.80. The summed E-state index contributed by atoms with van der Waals surface area (Å²) in [6, 6.07) is 10.5. The molecular formula is C21H26IN3O2. The maximum absolute atomic E-state index is 6.09. The summed E-state index contributed by atoms with van der Waals surface area (Å²) in [4.78, 5) is 4.48. The second kappa shape index (κ2) is 8.37. The van der Waals surface area contributed by atoms with Crippen LogP contribution in [-0.2, 0) is 25.8 Å². The van der Waals surface area contributed by atoms with Crippen molar-refractivity contribution < 1.29 is 9.47 Å². The van der Waals surface area contributed by atoms with Gasteiger partial charge in [0.1, 0.15) is 17.6 Å².